The maximum atomic E-state index is 5.49. The van der Waals surface area contributed by atoms with Crippen molar-refractivity contribution in [2.75, 3.05) is 19.0 Å². The van der Waals surface area contributed by atoms with Crippen molar-refractivity contribution in [3.8, 4) is 5.75 Å². The molecule has 0 radical (unpaired) electrons. The lowest BCUT2D eigenvalue weighted by atomic mass is 10.1. The summed E-state index contributed by atoms with van der Waals surface area (Å²) in [6, 6.07) is 7.23. The Kier molecular flexibility index (Phi) is 5.71. The van der Waals surface area contributed by atoms with E-state index in [2.05, 4.69) is 46.0 Å². The van der Waals surface area contributed by atoms with Gasteiger partial charge in [-0.2, -0.15) is 0 Å². The van der Waals surface area contributed by atoms with Gasteiger partial charge in [0.15, 0.2) is 0 Å². The zero-order valence-corrected chi connectivity index (χ0v) is 13.6. The second kappa shape index (κ2) is 7.30. The molecule has 1 aromatic rings. The predicted octanol–water partition coefficient (Wildman–Crippen LogP) is 4.14. The monoisotopic (exact) mass is 325 g/mol. The molecule has 0 amide bonds. The van der Waals surface area contributed by atoms with Crippen LogP contribution in [0.2, 0.25) is 0 Å². The van der Waals surface area contributed by atoms with E-state index in [1.165, 1.54) is 43.4 Å². The van der Waals surface area contributed by atoms with E-state index in [4.69, 9.17) is 4.74 Å². The molecule has 0 aromatic heterocycles. The van der Waals surface area contributed by atoms with Crippen molar-refractivity contribution in [2.45, 2.75) is 45.2 Å². The largest absolute Gasteiger partial charge is 0.496 e. The van der Waals surface area contributed by atoms with Gasteiger partial charge in [-0.1, -0.05) is 33.6 Å². The van der Waals surface area contributed by atoms with Crippen molar-refractivity contribution in [3.05, 3.63) is 29.3 Å². The standard InChI is InChI=1S/C16H24BrNO/c1-13-7-8-16(19-2)14(11-13)12-18-10-4-6-15(18)5-3-9-17/h7-8,11,15H,3-6,9-10,12H2,1-2H3. The van der Waals surface area contributed by atoms with E-state index in [1.54, 1.807) is 7.11 Å². The molecule has 1 atom stereocenters. The molecule has 1 fully saturated rings. The van der Waals surface area contributed by atoms with Gasteiger partial charge in [0.25, 0.3) is 0 Å². The minimum Gasteiger partial charge on any atom is -0.496 e. The number of nitrogens with zero attached hydrogens (tertiary/aromatic N) is 1. The fourth-order valence-electron chi connectivity index (χ4n) is 2.99. The van der Waals surface area contributed by atoms with E-state index in [0.717, 1.165) is 23.7 Å². The molecule has 1 unspecified atom stereocenters. The molecule has 2 rings (SSSR count). The number of aryl methyl sites for hydroxylation is 1. The van der Waals surface area contributed by atoms with Gasteiger partial charge in [-0.25, -0.2) is 0 Å². The van der Waals surface area contributed by atoms with Crippen LogP contribution in [0.3, 0.4) is 0 Å². The summed E-state index contributed by atoms with van der Waals surface area (Å²) in [5.41, 5.74) is 2.64. The highest BCUT2D eigenvalue weighted by Crippen LogP contribution is 2.27. The first-order chi connectivity index (χ1) is 9.24. The first-order valence-electron chi connectivity index (χ1n) is 7.18. The van der Waals surface area contributed by atoms with Crippen LogP contribution in [0.5, 0.6) is 5.75 Å². The van der Waals surface area contributed by atoms with Crippen LogP contribution in [-0.4, -0.2) is 29.9 Å². The number of hydrogen-bond donors (Lipinski definition) is 0. The number of likely N-dealkylation sites (tertiary alicyclic amines) is 1. The number of rotatable bonds is 6. The molecule has 1 aliphatic heterocycles. The van der Waals surface area contributed by atoms with Gasteiger partial charge < -0.3 is 4.74 Å². The quantitative estimate of drug-likeness (QED) is 0.729. The minimum atomic E-state index is 0.753. The van der Waals surface area contributed by atoms with Crippen molar-refractivity contribution >= 4 is 15.9 Å². The summed E-state index contributed by atoms with van der Waals surface area (Å²) in [6.07, 6.45) is 5.26. The summed E-state index contributed by atoms with van der Waals surface area (Å²) in [5, 5.41) is 1.12. The molecule has 106 valence electrons. The average Bonchev–Trinajstić information content (AvgIpc) is 2.84. The first kappa shape index (κ1) is 14.9. The minimum absolute atomic E-state index is 0.753. The van der Waals surface area contributed by atoms with Crippen LogP contribution in [0.25, 0.3) is 0 Å². The normalized spacial score (nSPS) is 19.8. The van der Waals surface area contributed by atoms with E-state index in [-0.39, 0.29) is 0 Å². The maximum absolute atomic E-state index is 5.49. The molecule has 1 aromatic carbocycles. The Morgan fingerprint density at radius 1 is 1.42 bits per heavy atom. The predicted molar refractivity (Wildman–Crippen MR) is 84.2 cm³/mol. The number of hydrogen-bond acceptors (Lipinski definition) is 2. The Labute approximate surface area is 125 Å². The summed E-state index contributed by atoms with van der Waals surface area (Å²) < 4.78 is 5.49. The molecule has 1 heterocycles. The van der Waals surface area contributed by atoms with Gasteiger partial charge in [0, 0.05) is 23.5 Å². The Balaban J connectivity index is 2.05. The van der Waals surface area contributed by atoms with Crippen LogP contribution in [0.4, 0.5) is 0 Å². The lowest BCUT2D eigenvalue weighted by Gasteiger charge is -2.25. The molecule has 19 heavy (non-hydrogen) atoms. The van der Waals surface area contributed by atoms with Gasteiger partial charge in [0.2, 0.25) is 0 Å². The molecule has 0 N–H and O–H groups in total. The van der Waals surface area contributed by atoms with E-state index in [1.807, 2.05) is 0 Å². The van der Waals surface area contributed by atoms with Gasteiger partial charge in [-0.3, -0.25) is 4.90 Å². The highest BCUT2D eigenvalue weighted by atomic mass is 79.9. The number of halogens is 1. The van der Waals surface area contributed by atoms with Crippen LogP contribution < -0.4 is 4.74 Å². The second-order valence-electron chi connectivity index (χ2n) is 5.41. The third-order valence-electron chi connectivity index (χ3n) is 3.98. The molecule has 0 aliphatic carbocycles. The molecule has 0 bridgehead atoms. The van der Waals surface area contributed by atoms with Gasteiger partial charge in [0.1, 0.15) is 5.75 Å². The zero-order valence-electron chi connectivity index (χ0n) is 12.0. The summed E-state index contributed by atoms with van der Waals surface area (Å²) in [5.74, 6) is 1.02. The summed E-state index contributed by atoms with van der Waals surface area (Å²) in [4.78, 5) is 2.62. The van der Waals surface area contributed by atoms with Crippen LogP contribution in [0, 0.1) is 6.92 Å². The molecule has 3 heteroatoms. The molecule has 0 spiro atoms. The fraction of sp³-hybridized carbons (Fsp3) is 0.625. The van der Waals surface area contributed by atoms with Crippen LogP contribution >= 0.6 is 15.9 Å². The fourth-order valence-corrected chi connectivity index (χ4v) is 3.32. The van der Waals surface area contributed by atoms with Crippen molar-refractivity contribution in [2.24, 2.45) is 0 Å². The summed E-state index contributed by atoms with van der Waals surface area (Å²) in [7, 11) is 1.76. The first-order valence-corrected chi connectivity index (χ1v) is 8.30. The molecule has 2 nitrogen and oxygen atoms in total. The Hall–Kier alpha value is -0.540. The summed E-state index contributed by atoms with van der Waals surface area (Å²) >= 11 is 3.54. The van der Waals surface area contributed by atoms with Crippen LogP contribution in [0.15, 0.2) is 18.2 Å². The molecule has 1 saturated heterocycles. The molecule has 1 aliphatic rings. The second-order valence-corrected chi connectivity index (χ2v) is 6.21. The zero-order chi connectivity index (χ0) is 13.7. The van der Waals surface area contributed by atoms with E-state index in [9.17, 15) is 0 Å². The number of methoxy groups -OCH3 is 1. The highest BCUT2D eigenvalue weighted by Gasteiger charge is 2.24. The third kappa shape index (κ3) is 3.96. The smallest absolute Gasteiger partial charge is 0.123 e. The van der Waals surface area contributed by atoms with Crippen molar-refractivity contribution in [1.82, 2.24) is 4.90 Å². The Morgan fingerprint density at radius 2 is 2.26 bits per heavy atom. The van der Waals surface area contributed by atoms with Gasteiger partial charge in [-0.05, 0) is 45.2 Å². The Bertz CT molecular complexity index is 408. The average molecular weight is 326 g/mol. The molecular weight excluding hydrogens is 302 g/mol. The lowest BCUT2D eigenvalue weighted by molar-refractivity contribution is 0.230. The van der Waals surface area contributed by atoms with E-state index >= 15 is 0 Å². The third-order valence-corrected chi connectivity index (χ3v) is 4.54. The maximum Gasteiger partial charge on any atom is 0.123 e. The molecular formula is C16H24BrNO. The van der Waals surface area contributed by atoms with Crippen LogP contribution in [0.1, 0.15) is 36.8 Å². The number of benzene rings is 1. The van der Waals surface area contributed by atoms with Crippen molar-refractivity contribution < 1.29 is 4.74 Å². The van der Waals surface area contributed by atoms with Crippen molar-refractivity contribution in [3.63, 3.8) is 0 Å². The summed E-state index contributed by atoms with van der Waals surface area (Å²) in [6.45, 7) is 4.40. The lowest BCUT2D eigenvalue weighted by Crippen LogP contribution is -2.29. The van der Waals surface area contributed by atoms with Gasteiger partial charge in [-0.15, -0.1) is 0 Å². The number of alkyl halides is 1. The van der Waals surface area contributed by atoms with Gasteiger partial charge >= 0.3 is 0 Å². The highest BCUT2D eigenvalue weighted by molar-refractivity contribution is 9.09. The number of ether oxygens (including phenoxy) is 1. The van der Waals surface area contributed by atoms with Crippen LogP contribution in [-0.2, 0) is 6.54 Å². The van der Waals surface area contributed by atoms with E-state index < -0.39 is 0 Å². The molecule has 0 saturated carbocycles. The SMILES string of the molecule is COc1ccc(C)cc1CN1CCCC1CCCBr. The van der Waals surface area contributed by atoms with E-state index in [0.29, 0.717) is 0 Å². The Morgan fingerprint density at radius 3 is 3.00 bits per heavy atom. The van der Waals surface area contributed by atoms with Crippen molar-refractivity contribution in [1.29, 1.82) is 0 Å². The topological polar surface area (TPSA) is 12.5 Å². The van der Waals surface area contributed by atoms with Gasteiger partial charge in [0.05, 0.1) is 7.11 Å².